The molecule has 0 spiro atoms. The summed E-state index contributed by atoms with van der Waals surface area (Å²) in [5.41, 5.74) is 4.23. The number of carbonyl (C=O) groups excluding carboxylic acids is 2. The van der Waals surface area contributed by atoms with Crippen LogP contribution in [-0.2, 0) is 30.1 Å². The van der Waals surface area contributed by atoms with Gasteiger partial charge in [-0.15, -0.1) is 0 Å². The van der Waals surface area contributed by atoms with Crippen molar-refractivity contribution in [1.29, 1.82) is 0 Å². The van der Waals surface area contributed by atoms with E-state index in [1.54, 1.807) is 0 Å². The molecule has 0 atom stereocenters. The third kappa shape index (κ3) is 5.74. The fourth-order valence-corrected chi connectivity index (χ4v) is 6.24. The van der Waals surface area contributed by atoms with Crippen LogP contribution in [0.5, 0.6) is 0 Å². The molecule has 0 amide bonds. The summed E-state index contributed by atoms with van der Waals surface area (Å²) in [5, 5.41) is 3.03. The number of fused-ring (bicyclic) bond motifs is 2. The van der Waals surface area contributed by atoms with Crippen molar-refractivity contribution < 1.29 is 73.5 Å². The Hall–Kier alpha value is -2.89. The Labute approximate surface area is 239 Å². The molecule has 16 heteroatoms. The molecule has 3 aromatic rings. The van der Waals surface area contributed by atoms with Gasteiger partial charge in [-0.25, -0.2) is 8.42 Å². The summed E-state index contributed by atoms with van der Waals surface area (Å²) < 4.78 is 89.2. The summed E-state index contributed by atoms with van der Waals surface area (Å²) in [6, 6.07) is 11.3. The third-order valence-electron chi connectivity index (χ3n) is 5.33. The molecule has 5 N–H and O–H groups in total. The normalized spacial score (nSPS) is 13.5. The van der Waals surface area contributed by atoms with Crippen molar-refractivity contribution in [2.24, 2.45) is 0 Å². The Morgan fingerprint density at radius 2 is 1.34 bits per heavy atom. The molecule has 0 unspecified atom stereocenters. The Kier molecular flexibility index (Phi) is 8.08. The summed E-state index contributed by atoms with van der Waals surface area (Å²) in [6.45, 7) is 0. The molecule has 0 saturated heterocycles. The smallest absolute Gasteiger partial charge is 0.397 e. The van der Waals surface area contributed by atoms with E-state index in [1.165, 1.54) is 36.4 Å². The largest absolute Gasteiger partial charge is 1.00 e. The molecule has 0 aromatic heterocycles. The molecule has 0 fully saturated rings. The molecule has 0 aliphatic heterocycles. The molecule has 0 saturated carbocycles. The van der Waals surface area contributed by atoms with E-state index in [2.05, 4.69) is 5.32 Å². The molecule has 0 radical (unpaired) electrons. The number of nitrogens with one attached hydrogen (secondary N) is 1. The third-order valence-corrected chi connectivity index (χ3v) is 8.28. The van der Waals surface area contributed by atoms with Crippen molar-refractivity contribution in [3.05, 3.63) is 87.7 Å². The van der Waals surface area contributed by atoms with E-state index in [-0.39, 0.29) is 68.4 Å². The number of anilines is 3. The molecule has 1 aliphatic rings. The van der Waals surface area contributed by atoms with Crippen molar-refractivity contribution in [2.75, 3.05) is 11.1 Å². The van der Waals surface area contributed by atoms with Crippen molar-refractivity contribution in [3.8, 4) is 0 Å². The van der Waals surface area contributed by atoms with Gasteiger partial charge in [0.1, 0.15) is 4.90 Å². The van der Waals surface area contributed by atoms with E-state index in [4.69, 9.17) is 10.3 Å². The topological polar surface area (TPSA) is 215 Å². The van der Waals surface area contributed by atoms with Crippen LogP contribution in [0.25, 0.3) is 0 Å². The van der Waals surface area contributed by atoms with Crippen LogP contribution in [-0.4, -0.2) is 45.9 Å². The van der Waals surface area contributed by atoms with Gasteiger partial charge in [0.2, 0.25) is 9.84 Å². The van der Waals surface area contributed by atoms with Crippen molar-refractivity contribution in [1.82, 2.24) is 0 Å². The number of benzene rings is 3. The Morgan fingerprint density at radius 1 is 0.763 bits per heavy atom. The van der Waals surface area contributed by atoms with Gasteiger partial charge in [-0.1, -0.05) is 30.3 Å². The standard InChI is InChI=1S/C22H16N2O10S3.Na/c23-20-17(37(32,33)34)11-16(18-19(20)22(26)15-7-2-1-6-14(15)21(18)25)24-12-4-3-5-13(10-12)35(27,28)8-9-36(29,30)31;/h1-11,24H,23H2,(H,29,30,31)(H,32,33,34);/q;+1/b9-8+;. The molecule has 0 heterocycles. The maximum absolute atomic E-state index is 13.3. The second-order valence-corrected chi connectivity index (χ2v) is 12.3. The van der Waals surface area contributed by atoms with Gasteiger partial charge < -0.3 is 11.1 Å². The zero-order valence-electron chi connectivity index (χ0n) is 19.3. The van der Waals surface area contributed by atoms with Gasteiger partial charge in [-0.05, 0) is 24.3 Å². The van der Waals surface area contributed by atoms with Crippen LogP contribution in [0.4, 0.5) is 17.1 Å². The van der Waals surface area contributed by atoms with Crippen LogP contribution < -0.4 is 40.6 Å². The molecule has 0 bridgehead atoms. The van der Waals surface area contributed by atoms with E-state index in [9.17, 15) is 39.4 Å². The number of hydrogen-bond acceptors (Lipinski definition) is 10. The van der Waals surface area contributed by atoms with Crippen molar-refractivity contribution in [3.63, 3.8) is 0 Å². The van der Waals surface area contributed by atoms with Gasteiger partial charge >= 0.3 is 29.6 Å². The predicted octanol–water partition coefficient (Wildman–Crippen LogP) is -0.829. The van der Waals surface area contributed by atoms with Gasteiger partial charge in [0.15, 0.2) is 11.6 Å². The summed E-state index contributed by atoms with van der Waals surface area (Å²) in [5.74, 6) is -1.44. The van der Waals surface area contributed by atoms with Gasteiger partial charge in [-0.3, -0.25) is 18.7 Å². The Morgan fingerprint density at radius 3 is 1.89 bits per heavy atom. The number of hydrogen-bond donors (Lipinski definition) is 4. The van der Waals surface area contributed by atoms with Gasteiger partial charge in [0.05, 0.1) is 32.8 Å². The monoisotopic (exact) mass is 587 g/mol. The first-order valence-corrected chi connectivity index (χ1v) is 14.5. The van der Waals surface area contributed by atoms with E-state index in [1.807, 2.05) is 0 Å². The van der Waals surface area contributed by atoms with Crippen LogP contribution in [0.15, 0.2) is 75.2 Å². The van der Waals surface area contributed by atoms with Crippen LogP contribution in [0.1, 0.15) is 31.8 Å². The number of ketones is 2. The second kappa shape index (κ2) is 10.3. The predicted molar refractivity (Wildman–Crippen MR) is 132 cm³/mol. The first-order valence-electron chi connectivity index (χ1n) is 10.0. The maximum Gasteiger partial charge on any atom is 1.00 e. The van der Waals surface area contributed by atoms with Crippen LogP contribution in [0.2, 0.25) is 0 Å². The van der Waals surface area contributed by atoms with Gasteiger partial charge in [0, 0.05) is 22.2 Å². The number of rotatable bonds is 6. The van der Waals surface area contributed by atoms with Gasteiger partial charge in [-0.2, -0.15) is 16.8 Å². The number of nitrogens with two attached hydrogens (primary N) is 1. The number of sulfone groups is 1. The maximum atomic E-state index is 13.3. The average molecular weight is 588 g/mol. The quantitative estimate of drug-likeness (QED) is 0.124. The minimum absolute atomic E-state index is 0. The van der Waals surface area contributed by atoms with Crippen molar-refractivity contribution >= 4 is 58.7 Å². The van der Waals surface area contributed by atoms with E-state index < -0.39 is 62.7 Å². The van der Waals surface area contributed by atoms with Crippen LogP contribution in [0, 0.1) is 0 Å². The first-order chi connectivity index (χ1) is 17.1. The minimum atomic E-state index is -4.97. The molecular formula is C22H16N2NaO10S3+. The average Bonchev–Trinajstić information content (AvgIpc) is 2.81. The van der Waals surface area contributed by atoms with Crippen LogP contribution >= 0.6 is 0 Å². The molecule has 192 valence electrons. The zero-order valence-corrected chi connectivity index (χ0v) is 23.8. The Bertz CT molecular complexity index is 1870. The summed E-state index contributed by atoms with van der Waals surface area (Å²) >= 11 is 0. The molecule has 38 heavy (non-hydrogen) atoms. The first kappa shape index (κ1) is 29.7. The fraction of sp³-hybridized carbons (Fsp3) is 0. The van der Waals surface area contributed by atoms with Crippen molar-refractivity contribution in [2.45, 2.75) is 9.79 Å². The van der Waals surface area contributed by atoms with Gasteiger partial charge in [0.25, 0.3) is 20.2 Å². The Balaban J connectivity index is 0.00000400. The fourth-order valence-electron chi connectivity index (χ4n) is 3.73. The van der Waals surface area contributed by atoms with E-state index in [0.29, 0.717) is 0 Å². The molecule has 4 rings (SSSR count). The summed E-state index contributed by atoms with van der Waals surface area (Å²) in [6.07, 6.45) is 0. The van der Waals surface area contributed by atoms with E-state index in [0.717, 1.165) is 18.2 Å². The molecule has 12 nitrogen and oxygen atoms in total. The summed E-state index contributed by atoms with van der Waals surface area (Å²) in [4.78, 5) is 25.3. The number of carbonyl (C=O) groups is 2. The van der Waals surface area contributed by atoms with Crippen LogP contribution in [0.3, 0.4) is 0 Å². The van der Waals surface area contributed by atoms with E-state index >= 15 is 0 Å². The SMILES string of the molecule is Nc1c(S(=O)(=O)O)cc(Nc2cccc(S(=O)(=O)/C=C/S(=O)(=O)O)c2)c2c1C(=O)c1ccccc1C2=O.[Na+]. The second-order valence-electron chi connectivity index (χ2n) is 7.75. The molecule has 3 aromatic carbocycles. The molecule has 1 aliphatic carbocycles. The molecular weight excluding hydrogens is 571 g/mol. The summed E-state index contributed by atoms with van der Waals surface area (Å²) in [7, 11) is -14.1. The number of nitrogen functional groups attached to an aromatic ring is 1. The zero-order chi connectivity index (χ0) is 27.3. The minimum Gasteiger partial charge on any atom is -0.397 e.